The van der Waals surface area contributed by atoms with Crippen molar-refractivity contribution in [3.05, 3.63) is 39.8 Å². The van der Waals surface area contributed by atoms with Gasteiger partial charge in [0.1, 0.15) is 9.61 Å². The lowest BCUT2D eigenvalue weighted by molar-refractivity contribution is 0.420. The molecule has 0 unspecified atom stereocenters. The molecule has 2 aromatic rings. The molecule has 1 heterocycles. The first-order valence-corrected chi connectivity index (χ1v) is 7.21. The summed E-state index contributed by atoms with van der Waals surface area (Å²) in [6.45, 7) is 0. The van der Waals surface area contributed by atoms with Gasteiger partial charge in [-0.2, -0.15) is 0 Å². The maximum Gasteiger partial charge on any atom is 0.124 e. The van der Waals surface area contributed by atoms with Crippen molar-refractivity contribution < 1.29 is 0 Å². The van der Waals surface area contributed by atoms with E-state index in [0.29, 0.717) is 0 Å². The standard InChI is InChI=1S/C13H12BrNS/c14-12-8-16-13(15-12)11-6-4-10(5-7-11)9-2-1-3-9/h4-9H,1-3H2. The van der Waals surface area contributed by atoms with Crippen molar-refractivity contribution in [1.29, 1.82) is 0 Å². The Labute approximate surface area is 108 Å². The molecule has 16 heavy (non-hydrogen) atoms. The molecular weight excluding hydrogens is 282 g/mol. The topological polar surface area (TPSA) is 12.9 Å². The van der Waals surface area contributed by atoms with Crippen LogP contribution in [0.15, 0.2) is 34.2 Å². The summed E-state index contributed by atoms with van der Waals surface area (Å²) < 4.78 is 0.926. The van der Waals surface area contributed by atoms with Gasteiger partial charge in [-0.3, -0.25) is 0 Å². The Morgan fingerprint density at radius 3 is 2.44 bits per heavy atom. The number of rotatable bonds is 2. The third-order valence-corrected chi connectivity index (χ3v) is 4.81. The van der Waals surface area contributed by atoms with Crippen LogP contribution < -0.4 is 0 Å². The maximum absolute atomic E-state index is 4.42. The van der Waals surface area contributed by atoms with Gasteiger partial charge in [0.15, 0.2) is 0 Å². The van der Waals surface area contributed by atoms with Crippen molar-refractivity contribution in [2.24, 2.45) is 0 Å². The summed E-state index contributed by atoms with van der Waals surface area (Å²) in [6, 6.07) is 8.90. The maximum atomic E-state index is 4.42. The molecule has 0 spiro atoms. The zero-order chi connectivity index (χ0) is 11.0. The van der Waals surface area contributed by atoms with Crippen molar-refractivity contribution in [3.63, 3.8) is 0 Å². The molecule has 82 valence electrons. The van der Waals surface area contributed by atoms with E-state index in [1.807, 2.05) is 5.38 Å². The number of thiazole rings is 1. The summed E-state index contributed by atoms with van der Waals surface area (Å²) in [7, 11) is 0. The fraction of sp³-hybridized carbons (Fsp3) is 0.308. The largest absolute Gasteiger partial charge is 0.229 e. The van der Waals surface area contributed by atoms with E-state index in [9.17, 15) is 0 Å². The molecule has 0 atom stereocenters. The van der Waals surface area contributed by atoms with E-state index in [0.717, 1.165) is 15.5 Å². The minimum absolute atomic E-state index is 0.817. The first-order valence-electron chi connectivity index (χ1n) is 5.54. The summed E-state index contributed by atoms with van der Waals surface area (Å²) >= 11 is 5.07. The van der Waals surface area contributed by atoms with E-state index in [-0.39, 0.29) is 0 Å². The fourth-order valence-corrected chi connectivity index (χ4v) is 3.29. The van der Waals surface area contributed by atoms with Gasteiger partial charge in [-0.05, 0) is 40.3 Å². The first-order chi connectivity index (χ1) is 7.83. The molecule has 1 fully saturated rings. The minimum Gasteiger partial charge on any atom is -0.229 e. The van der Waals surface area contributed by atoms with Crippen LogP contribution in [0, 0.1) is 0 Å². The van der Waals surface area contributed by atoms with Gasteiger partial charge in [-0.15, -0.1) is 11.3 Å². The highest BCUT2D eigenvalue weighted by Crippen LogP contribution is 2.37. The highest BCUT2D eigenvalue weighted by Gasteiger charge is 2.19. The Morgan fingerprint density at radius 1 is 1.19 bits per heavy atom. The predicted molar refractivity (Wildman–Crippen MR) is 71.8 cm³/mol. The highest BCUT2D eigenvalue weighted by atomic mass is 79.9. The van der Waals surface area contributed by atoms with Crippen molar-refractivity contribution in [2.45, 2.75) is 25.2 Å². The third kappa shape index (κ3) is 1.94. The third-order valence-electron chi connectivity index (χ3n) is 3.21. The van der Waals surface area contributed by atoms with E-state index in [2.05, 4.69) is 45.2 Å². The van der Waals surface area contributed by atoms with E-state index in [1.165, 1.54) is 30.4 Å². The molecule has 0 N–H and O–H groups in total. The molecular formula is C13H12BrNS. The second-order valence-electron chi connectivity index (χ2n) is 4.23. The van der Waals surface area contributed by atoms with E-state index >= 15 is 0 Å². The highest BCUT2D eigenvalue weighted by molar-refractivity contribution is 9.10. The lowest BCUT2D eigenvalue weighted by atomic mass is 9.80. The summed E-state index contributed by atoms with van der Waals surface area (Å²) in [4.78, 5) is 4.42. The predicted octanol–water partition coefficient (Wildman–Crippen LogP) is 4.84. The van der Waals surface area contributed by atoms with Crippen molar-refractivity contribution in [3.8, 4) is 10.6 Å². The molecule has 3 rings (SSSR count). The number of hydrogen-bond acceptors (Lipinski definition) is 2. The molecule has 0 aliphatic heterocycles. The SMILES string of the molecule is Brc1csc(-c2ccc(C3CCC3)cc2)n1. The van der Waals surface area contributed by atoms with Crippen molar-refractivity contribution >= 4 is 27.3 Å². The van der Waals surface area contributed by atoms with Crippen molar-refractivity contribution in [2.75, 3.05) is 0 Å². The van der Waals surface area contributed by atoms with Gasteiger partial charge in [0.2, 0.25) is 0 Å². The first kappa shape index (κ1) is 10.5. The molecule has 1 saturated carbocycles. The van der Waals surface area contributed by atoms with Crippen LogP contribution in [-0.2, 0) is 0 Å². The molecule has 3 heteroatoms. The molecule has 0 amide bonds. The molecule has 1 aromatic heterocycles. The van der Waals surface area contributed by atoms with Crippen LogP contribution in [0.2, 0.25) is 0 Å². The molecule has 0 bridgehead atoms. The smallest absolute Gasteiger partial charge is 0.124 e. The van der Waals surface area contributed by atoms with Gasteiger partial charge in [0.25, 0.3) is 0 Å². The van der Waals surface area contributed by atoms with Crippen LogP contribution in [0.4, 0.5) is 0 Å². The quantitative estimate of drug-likeness (QED) is 0.772. The average molecular weight is 294 g/mol. The Kier molecular flexibility index (Phi) is 2.82. The van der Waals surface area contributed by atoms with Gasteiger partial charge >= 0.3 is 0 Å². The van der Waals surface area contributed by atoms with E-state index in [4.69, 9.17) is 0 Å². The molecule has 1 aliphatic rings. The van der Waals surface area contributed by atoms with Crippen molar-refractivity contribution in [1.82, 2.24) is 4.98 Å². The minimum atomic E-state index is 0.817. The lowest BCUT2D eigenvalue weighted by Crippen LogP contribution is -2.08. The number of aromatic nitrogens is 1. The summed E-state index contributed by atoms with van der Waals surface area (Å²) in [6.07, 6.45) is 4.12. The fourth-order valence-electron chi connectivity index (χ4n) is 2.03. The normalized spacial score (nSPS) is 16.1. The molecule has 0 radical (unpaired) electrons. The molecule has 1 aliphatic carbocycles. The number of hydrogen-bond donors (Lipinski definition) is 0. The number of benzene rings is 1. The molecule has 0 saturated heterocycles. The Bertz CT molecular complexity index is 485. The van der Waals surface area contributed by atoms with Gasteiger partial charge in [0.05, 0.1) is 0 Å². The van der Waals surface area contributed by atoms with Crippen LogP contribution in [-0.4, -0.2) is 4.98 Å². The van der Waals surface area contributed by atoms with Gasteiger partial charge in [0, 0.05) is 10.9 Å². The van der Waals surface area contributed by atoms with Gasteiger partial charge in [-0.1, -0.05) is 30.7 Å². The van der Waals surface area contributed by atoms with Crippen LogP contribution >= 0.6 is 27.3 Å². The van der Waals surface area contributed by atoms with Crippen LogP contribution in [0.1, 0.15) is 30.7 Å². The monoisotopic (exact) mass is 293 g/mol. The Morgan fingerprint density at radius 2 is 1.94 bits per heavy atom. The van der Waals surface area contributed by atoms with Crippen LogP contribution in [0.3, 0.4) is 0 Å². The second-order valence-corrected chi connectivity index (χ2v) is 5.90. The Hall–Kier alpha value is -0.670. The zero-order valence-electron chi connectivity index (χ0n) is 8.82. The summed E-state index contributed by atoms with van der Waals surface area (Å²) in [5.41, 5.74) is 2.71. The van der Waals surface area contributed by atoms with E-state index in [1.54, 1.807) is 11.3 Å². The van der Waals surface area contributed by atoms with Gasteiger partial charge in [-0.25, -0.2) is 4.98 Å². The van der Waals surface area contributed by atoms with E-state index < -0.39 is 0 Å². The molecule has 1 nitrogen and oxygen atoms in total. The number of halogens is 1. The lowest BCUT2D eigenvalue weighted by Gasteiger charge is -2.25. The second kappa shape index (κ2) is 4.30. The molecule has 1 aromatic carbocycles. The number of nitrogens with zero attached hydrogens (tertiary/aromatic N) is 1. The Balaban J connectivity index is 1.86. The van der Waals surface area contributed by atoms with Crippen LogP contribution in [0.5, 0.6) is 0 Å². The van der Waals surface area contributed by atoms with Gasteiger partial charge < -0.3 is 0 Å². The van der Waals surface area contributed by atoms with Crippen LogP contribution in [0.25, 0.3) is 10.6 Å². The zero-order valence-corrected chi connectivity index (χ0v) is 11.2. The summed E-state index contributed by atoms with van der Waals surface area (Å²) in [5, 5.41) is 3.11. The average Bonchev–Trinajstić information content (AvgIpc) is 2.63. The summed E-state index contributed by atoms with van der Waals surface area (Å²) in [5.74, 6) is 0.817.